The average Bonchev–Trinajstić information content (AvgIpc) is 2.66. The van der Waals surface area contributed by atoms with Gasteiger partial charge >= 0.3 is 5.97 Å². The molecule has 1 amide bonds. The maximum absolute atomic E-state index is 12.4. The van der Waals surface area contributed by atoms with Crippen molar-refractivity contribution < 1.29 is 14.3 Å². The molecule has 1 heterocycles. The zero-order valence-electron chi connectivity index (χ0n) is 17.0. The van der Waals surface area contributed by atoms with Gasteiger partial charge in [0.1, 0.15) is 6.04 Å². The largest absolute Gasteiger partial charge is 0.467 e. The van der Waals surface area contributed by atoms with Crippen molar-refractivity contribution in [3.05, 3.63) is 35.4 Å². The van der Waals surface area contributed by atoms with Crippen molar-refractivity contribution in [1.29, 1.82) is 0 Å². The van der Waals surface area contributed by atoms with Gasteiger partial charge in [0, 0.05) is 32.7 Å². The highest BCUT2D eigenvalue weighted by Crippen LogP contribution is 2.11. The van der Waals surface area contributed by atoms with Gasteiger partial charge < -0.3 is 10.1 Å². The second kappa shape index (κ2) is 10.4. The summed E-state index contributed by atoms with van der Waals surface area (Å²) in [6.07, 6.45) is 0.803. The van der Waals surface area contributed by atoms with E-state index in [2.05, 4.69) is 46.3 Å². The summed E-state index contributed by atoms with van der Waals surface area (Å²) in [5.41, 5.74) is 2.61. The molecule has 0 spiro atoms. The molecule has 2 rings (SSSR count). The summed E-state index contributed by atoms with van der Waals surface area (Å²) in [7, 11) is 1.36. The highest BCUT2D eigenvalue weighted by atomic mass is 16.5. The van der Waals surface area contributed by atoms with Crippen molar-refractivity contribution in [2.24, 2.45) is 5.92 Å². The maximum atomic E-state index is 12.4. The number of aryl methyl sites for hydroxylation is 1. The molecule has 27 heavy (non-hydrogen) atoms. The van der Waals surface area contributed by atoms with Crippen LogP contribution in [-0.4, -0.2) is 67.6 Å². The molecule has 0 bridgehead atoms. The van der Waals surface area contributed by atoms with E-state index < -0.39 is 6.04 Å². The van der Waals surface area contributed by atoms with Crippen molar-refractivity contribution in [3.8, 4) is 0 Å². The zero-order valence-corrected chi connectivity index (χ0v) is 17.0. The number of carbonyl (C=O) groups is 2. The van der Waals surface area contributed by atoms with Crippen LogP contribution in [0.2, 0.25) is 0 Å². The Hall–Kier alpha value is -1.92. The van der Waals surface area contributed by atoms with Crippen molar-refractivity contribution in [1.82, 2.24) is 15.1 Å². The van der Waals surface area contributed by atoms with Crippen LogP contribution in [0.15, 0.2) is 24.3 Å². The highest BCUT2D eigenvalue weighted by molar-refractivity contribution is 5.85. The van der Waals surface area contributed by atoms with Crippen molar-refractivity contribution in [2.75, 3.05) is 39.8 Å². The lowest BCUT2D eigenvalue weighted by molar-refractivity contribution is -0.146. The van der Waals surface area contributed by atoms with Crippen molar-refractivity contribution >= 4 is 11.9 Å². The first-order chi connectivity index (χ1) is 12.9. The minimum Gasteiger partial charge on any atom is -0.467 e. The van der Waals surface area contributed by atoms with Crippen LogP contribution in [0.25, 0.3) is 0 Å². The van der Waals surface area contributed by atoms with E-state index in [1.54, 1.807) is 0 Å². The first kappa shape index (κ1) is 21.4. The van der Waals surface area contributed by atoms with Crippen LogP contribution in [-0.2, 0) is 20.9 Å². The molecule has 0 unspecified atom stereocenters. The molecule has 1 fully saturated rings. The molecule has 0 aliphatic carbocycles. The van der Waals surface area contributed by atoms with Crippen LogP contribution in [0.1, 0.15) is 31.4 Å². The molecule has 1 aliphatic rings. The number of methoxy groups -OCH3 is 1. The number of hydrogen-bond donors (Lipinski definition) is 1. The van der Waals surface area contributed by atoms with Gasteiger partial charge in [0.05, 0.1) is 13.7 Å². The zero-order chi connectivity index (χ0) is 19.8. The Morgan fingerprint density at radius 3 is 2.44 bits per heavy atom. The van der Waals surface area contributed by atoms with Crippen LogP contribution in [0.5, 0.6) is 0 Å². The second-order valence-corrected chi connectivity index (χ2v) is 7.50. The molecule has 1 saturated heterocycles. The molecule has 6 nitrogen and oxygen atoms in total. The van der Waals surface area contributed by atoms with Gasteiger partial charge in [-0.1, -0.05) is 50.1 Å². The summed E-state index contributed by atoms with van der Waals surface area (Å²) in [6.45, 7) is 10.9. The molecule has 0 saturated carbocycles. The van der Waals surface area contributed by atoms with Gasteiger partial charge in [0.15, 0.2) is 0 Å². The third-order valence-electron chi connectivity index (χ3n) is 5.31. The molecule has 2 atom stereocenters. The average molecular weight is 376 g/mol. The number of benzene rings is 1. The number of rotatable bonds is 8. The Bertz CT molecular complexity index is 627. The van der Waals surface area contributed by atoms with Gasteiger partial charge in [0.2, 0.25) is 5.91 Å². The van der Waals surface area contributed by atoms with Crippen LogP contribution in [0.4, 0.5) is 0 Å². The molecule has 1 aromatic carbocycles. The van der Waals surface area contributed by atoms with Gasteiger partial charge in [-0.2, -0.15) is 0 Å². The topological polar surface area (TPSA) is 61.9 Å². The van der Waals surface area contributed by atoms with Gasteiger partial charge in [0.25, 0.3) is 0 Å². The van der Waals surface area contributed by atoms with Crippen LogP contribution < -0.4 is 5.32 Å². The fraction of sp³-hybridized carbons (Fsp3) is 0.619. The fourth-order valence-electron chi connectivity index (χ4n) is 3.39. The van der Waals surface area contributed by atoms with E-state index in [0.717, 1.165) is 39.1 Å². The maximum Gasteiger partial charge on any atom is 0.328 e. The van der Waals surface area contributed by atoms with Crippen LogP contribution in [0.3, 0.4) is 0 Å². The standard InChI is InChI=1S/C21H33N3O3/c1-5-17(3)20(21(26)27-4)22-19(25)15-24-11-9-23(10-12-24)14-18-8-6-7-16(2)13-18/h6-8,13,17,20H,5,9-12,14-15H2,1-4H3,(H,22,25)/t17-,20+/m1/s1. The summed E-state index contributed by atoms with van der Waals surface area (Å²) in [5, 5.41) is 2.85. The lowest BCUT2D eigenvalue weighted by Gasteiger charge is -2.34. The van der Waals surface area contributed by atoms with E-state index in [9.17, 15) is 9.59 Å². The monoisotopic (exact) mass is 375 g/mol. The summed E-state index contributed by atoms with van der Waals surface area (Å²) in [5.74, 6) is -0.439. The summed E-state index contributed by atoms with van der Waals surface area (Å²) < 4.78 is 4.83. The Morgan fingerprint density at radius 1 is 1.19 bits per heavy atom. The number of amides is 1. The SMILES string of the molecule is CC[C@@H](C)[C@H](NC(=O)CN1CCN(Cc2cccc(C)c2)CC1)C(=O)OC. The van der Waals surface area contributed by atoms with Gasteiger partial charge in [-0.15, -0.1) is 0 Å². The van der Waals surface area contributed by atoms with Crippen molar-refractivity contribution in [2.45, 2.75) is 39.8 Å². The summed E-state index contributed by atoms with van der Waals surface area (Å²) >= 11 is 0. The molecular formula is C21H33N3O3. The van der Waals surface area contributed by atoms with E-state index in [0.29, 0.717) is 6.54 Å². The number of esters is 1. The summed E-state index contributed by atoms with van der Waals surface area (Å²) in [6, 6.07) is 8.02. The molecule has 1 aromatic rings. The Morgan fingerprint density at radius 2 is 1.85 bits per heavy atom. The minimum atomic E-state index is -0.574. The predicted molar refractivity (Wildman–Crippen MR) is 106 cm³/mol. The van der Waals surface area contributed by atoms with E-state index >= 15 is 0 Å². The number of nitrogens with zero attached hydrogens (tertiary/aromatic N) is 2. The number of carbonyl (C=O) groups excluding carboxylic acids is 2. The number of hydrogen-bond acceptors (Lipinski definition) is 5. The third-order valence-corrected chi connectivity index (χ3v) is 5.31. The lowest BCUT2D eigenvalue weighted by atomic mass is 9.99. The fourth-order valence-corrected chi connectivity index (χ4v) is 3.39. The number of piperazine rings is 1. The van der Waals surface area contributed by atoms with E-state index in [1.807, 2.05) is 13.8 Å². The highest BCUT2D eigenvalue weighted by Gasteiger charge is 2.27. The molecule has 6 heteroatoms. The molecule has 1 aliphatic heterocycles. The molecule has 150 valence electrons. The summed E-state index contributed by atoms with van der Waals surface area (Å²) in [4.78, 5) is 28.9. The van der Waals surface area contributed by atoms with Gasteiger partial charge in [-0.25, -0.2) is 4.79 Å². The minimum absolute atomic E-state index is 0.0487. The van der Waals surface area contributed by atoms with E-state index in [4.69, 9.17) is 4.74 Å². The van der Waals surface area contributed by atoms with Crippen molar-refractivity contribution in [3.63, 3.8) is 0 Å². The molecule has 1 N–H and O–H groups in total. The van der Waals surface area contributed by atoms with E-state index in [1.165, 1.54) is 18.2 Å². The Balaban J connectivity index is 1.78. The molecular weight excluding hydrogens is 342 g/mol. The lowest BCUT2D eigenvalue weighted by Crippen LogP contribution is -2.52. The Labute approximate surface area is 162 Å². The third kappa shape index (κ3) is 6.63. The number of ether oxygens (including phenoxy) is 1. The predicted octanol–water partition coefficient (Wildman–Crippen LogP) is 1.82. The first-order valence-corrected chi connectivity index (χ1v) is 9.80. The Kier molecular flexibility index (Phi) is 8.25. The molecule has 0 radical (unpaired) electrons. The molecule has 0 aromatic heterocycles. The first-order valence-electron chi connectivity index (χ1n) is 9.80. The number of nitrogens with one attached hydrogen (secondary N) is 1. The van der Waals surface area contributed by atoms with Gasteiger partial charge in [-0.05, 0) is 18.4 Å². The smallest absolute Gasteiger partial charge is 0.328 e. The van der Waals surface area contributed by atoms with Crippen LogP contribution >= 0.6 is 0 Å². The van der Waals surface area contributed by atoms with E-state index in [-0.39, 0.29) is 17.8 Å². The second-order valence-electron chi connectivity index (χ2n) is 7.50. The van der Waals surface area contributed by atoms with Crippen LogP contribution in [0, 0.1) is 12.8 Å². The quantitative estimate of drug-likeness (QED) is 0.702. The van der Waals surface area contributed by atoms with Gasteiger partial charge in [-0.3, -0.25) is 14.6 Å². The normalized spacial score (nSPS) is 17.9.